The average molecular weight is 265 g/mol. The van der Waals surface area contributed by atoms with Crippen LogP contribution in [0.5, 0.6) is 0 Å². The number of nitrogens with zero attached hydrogens (tertiary/aromatic N) is 2. The van der Waals surface area contributed by atoms with Crippen molar-refractivity contribution in [2.75, 3.05) is 11.9 Å². The third-order valence-corrected chi connectivity index (χ3v) is 4.06. The van der Waals surface area contributed by atoms with Gasteiger partial charge in [-0.1, -0.05) is 20.3 Å². The Morgan fingerprint density at radius 2 is 2.05 bits per heavy atom. The highest BCUT2D eigenvalue weighted by Crippen LogP contribution is 2.38. The molecular weight excluding hydrogens is 241 g/mol. The lowest BCUT2D eigenvalue weighted by Crippen LogP contribution is -2.11. The molecule has 1 N–H and O–H groups in total. The lowest BCUT2D eigenvalue weighted by molar-refractivity contribution is 0.514. The van der Waals surface area contributed by atoms with Crippen LogP contribution in [0.1, 0.15) is 63.4 Å². The van der Waals surface area contributed by atoms with E-state index in [0.717, 1.165) is 37.5 Å². The molecule has 2 unspecified atom stereocenters. The summed E-state index contributed by atoms with van der Waals surface area (Å²) in [5, 5.41) is 3.07. The molecule has 19 heavy (non-hydrogen) atoms. The van der Waals surface area contributed by atoms with Gasteiger partial charge in [-0.2, -0.15) is 0 Å². The SMILES string of the molecule is CCCNc1nc(C2CCC(CC)C2)nc(C)c1F. The summed E-state index contributed by atoms with van der Waals surface area (Å²) in [4.78, 5) is 8.79. The molecule has 0 radical (unpaired) electrons. The van der Waals surface area contributed by atoms with Crippen molar-refractivity contribution >= 4 is 5.82 Å². The molecule has 1 aliphatic carbocycles. The maximum Gasteiger partial charge on any atom is 0.186 e. The third-order valence-electron chi connectivity index (χ3n) is 4.06. The molecule has 3 nitrogen and oxygen atoms in total. The van der Waals surface area contributed by atoms with Crippen molar-refractivity contribution in [2.45, 2.75) is 58.8 Å². The topological polar surface area (TPSA) is 37.8 Å². The Morgan fingerprint density at radius 1 is 1.26 bits per heavy atom. The second-order valence-corrected chi connectivity index (χ2v) is 5.54. The zero-order valence-corrected chi connectivity index (χ0v) is 12.2. The maximum atomic E-state index is 13.9. The largest absolute Gasteiger partial charge is 0.368 e. The van der Waals surface area contributed by atoms with Gasteiger partial charge in [-0.15, -0.1) is 0 Å². The van der Waals surface area contributed by atoms with Crippen molar-refractivity contribution < 1.29 is 4.39 Å². The first kappa shape index (κ1) is 14.2. The van der Waals surface area contributed by atoms with E-state index in [2.05, 4.69) is 29.1 Å². The van der Waals surface area contributed by atoms with Crippen molar-refractivity contribution in [3.05, 3.63) is 17.3 Å². The first-order valence-electron chi connectivity index (χ1n) is 7.43. The molecular formula is C15H24FN3. The first-order chi connectivity index (χ1) is 9.15. The van der Waals surface area contributed by atoms with Gasteiger partial charge in [-0.3, -0.25) is 0 Å². The Hall–Kier alpha value is -1.19. The summed E-state index contributed by atoms with van der Waals surface area (Å²) in [5.74, 6) is 2.09. The van der Waals surface area contributed by atoms with Gasteiger partial charge >= 0.3 is 0 Å². The van der Waals surface area contributed by atoms with E-state index in [-0.39, 0.29) is 5.82 Å². The summed E-state index contributed by atoms with van der Waals surface area (Å²) in [5.41, 5.74) is 0.462. The molecule has 1 aliphatic rings. The first-order valence-corrected chi connectivity index (χ1v) is 7.43. The van der Waals surface area contributed by atoms with Crippen LogP contribution in [-0.4, -0.2) is 16.5 Å². The van der Waals surface area contributed by atoms with Gasteiger partial charge in [0.15, 0.2) is 11.6 Å². The van der Waals surface area contributed by atoms with E-state index in [1.807, 2.05) is 0 Å². The molecule has 0 saturated heterocycles. The standard InChI is InChI=1S/C15H24FN3/c1-4-8-17-15-13(16)10(3)18-14(19-15)12-7-6-11(5-2)9-12/h11-12H,4-9H2,1-3H3,(H,17,18,19). The molecule has 1 saturated carbocycles. The monoisotopic (exact) mass is 265 g/mol. The minimum Gasteiger partial charge on any atom is -0.368 e. The number of halogens is 1. The van der Waals surface area contributed by atoms with E-state index in [0.29, 0.717) is 17.4 Å². The molecule has 0 amide bonds. The quantitative estimate of drug-likeness (QED) is 0.873. The third kappa shape index (κ3) is 3.23. The molecule has 1 aromatic heterocycles. The number of aryl methyl sites for hydroxylation is 1. The van der Waals surface area contributed by atoms with Crippen LogP contribution in [0.15, 0.2) is 0 Å². The van der Waals surface area contributed by atoms with Crippen molar-refractivity contribution in [3.8, 4) is 0 Å². The van der Waals surface area contributed by atoms with E-state index in [1.54, 1.807) is 6.92 Å². The predicted molar refractivity (Wildman–Crippen MR) is 75.9 cm³/mol. The Kier molecular flexibility index (Phi) is 4.72. The van der Waals surface area contributed by atoms with Crippen molar-refractivity contribution in [1.82, 2.24) is 9.97 Å². The van der Waals surface area contributed by atoms with Crippen LogP contribution in [0.4, 0.5) is 10.2 Å². The fourth-order valence-corrected chi connectivity index (χ4v) is 2.80. The zero-order valence-electron chi connectivity index (χ0n) is 12.2. The number of hydrogen-bond acceptors (Lipinski definition) is 3. The minimum absolute atomic E-state index is 0.303. The summed E-state index contributed by atoms with van der Waals surface area (Å²) in [6.45, 7) is 6.76. The highest BCUT2D eigenvalue weighted by atomic mass is 19.1. The molecule has 1 fully saturated rings. The molecule has 0 bridgehead atoms. The minimum atomic E-state index is -0.303. The van der Waals surface area contributed by atoms with E-state index >= 15 is 0 Å². The number of nitrogens with one attached hydrogen (secondary N) is 1. The van der Waals surface area contributed by atoms with Gasteiger partial charge in [0.1, 0.15) is 5.82 Å². The molecule has 2 atom stereocenters. The second-order valence-electron chi connectivity index (χ2n) is 5.54. The zero-order chi connectivity index (χ0) is 13.8. The van der Waals surface area contributed by atoms with Gasteiger partial charge < -0.3 is 5.32 Å². The van der Waals surface area contributed by atoms with E-state index in [9.17, 15) is 4.39 Å². The summed E-state index contributed by atoms with van der Waals surface area (Å²) >= 11 is 0. The van der Waals surface area contributed by atoms with E-state index in [4.69, 9.17) is 0 Å². The van der Waals surface area contributed by atoms with Crippen LogP contribution in [-0.2, 0) is 0 Å². The van der Waals surface area contributed by atoms with Gasteiger partial charge in [0.25, 0.3) is 0 Å². The van der Waals surface area contributed by atoms with Crippen molar-refractivity contribution in [1.29, 1.82) is 0 Å². The average Bonchev–Trinajstić information content (AvgIpc) is 2.89. The van der Waals surface area contributed by atoms with Crippen LogP contribution < -0.4 is 5.32 Å². The van der Waals surface area contributed by atoms with Gasteiger partial charge in [0.05, 0.1) is 5.69 Å². The molecule has 1 heterocycles. The molecule has 106 valence electrons. The van der Waals surface area contributed by atoms with Gasteiger partial charge in [-0.05, 0) is 38.5 Å². The van der Waals surface area contributed by atoms with Crippen LogP contribution in [0.25, 0.3) is 0 Å². The summed E-state index contributed by atoms with van der Waals surface area (Å²) in [7, 11) is 0. The van der Waals surface area contributed by atoms with Crippen LogP contribution in [0, 0.1) is 18.7 Å². The van der Waals surface area contributed by atoms with E-state index < -0.39 is 0 Å². The number of anilines is 1. The van der Waals surface area contributed by atoms with Gasteiger partial charge in [-0.25, -0.2) is 14.4 Å². The summed E-state index contributed by atoms with van der Waals surface area (Å²) in [6.07, 6.45) is 5.71. The van der Waals surface area contributed by atoms with Crippen LogP contribution in [0.3, 0.4) is 0 Å². The Labute approximate surface area is 115 Å². The van der Waals surface area contributed by atoms with Crippen LogP contribution in [0.2, 0.25) is 0 Å². The smallest absolute Gasteiger partial charge is 0.186 e. The molecule has 4 heteroatoms. The predicted octanol–water partition coefficient (Wildman–Crippen LogP) is 4.04. The molecule has 0 aromatic carbocycles. The lowest BCUT2D eigenvalue weighted by Gasteiger charge is -2.13. The molecule has 0 aliphatic heterocycles. The fourth-order valence-electron chi connectivity index (χ4n) is 2.80. The van der Waals surface area contributed by atoms with Crippen LogP contribution >= 0.6 is 0 Å². The van der Waals surface area contributed by atoms with Gasteiger partial charge in [0.2, 0.25) is 0 Å². The number of rotatable bonds is 5. The van der Waals surface area contributed by atoms with Crippen molar-refractivity contribution in [3.63, 3.8) is 0 Å². The van der Waals surface area contributed by atoms with E-state index in [1.165, 1.54) is 12.8 Å². The van der Waals surface area contributed by atoms with Crippen molar-refractivity contribution in [2.24, 2.45) is 5.92 Å². The number of hydrogen-bond donors (Lipinski definition) is 1. The molecule has 0 spiro atoms. The highest BCUT2D eigenvalue weighted by Gasteiger charge is 2.27. The molecule has 2 rings (SSSR count). The summed E-state index contributed by atoms with van der Waals surface area (Å²) in [6, 6.07) is 0. The molecule has 1 aromatic rings. The Balaban J connectivity index is 2.19. The lowest BCUT2D eigenvalue weighted by atomic mass is 10.0. The maximum absolute atomic E-state index is 13.9. The highest BCUT2D eigenvalue weighted by molar-refractivity contribution is 5.38. The Bertz CT molecular complexity index is 434. The van der Waals surface area contributed by atoms with Gasteiger partial charge in [0, 0.05) is 12.5 Å². The fraction of sp³-hybridized carbons (Fsp3) is 0.733. The normalized spacial score (nSPS) is 22.7. The summed E-state index contributed by atoms with van der Waals surface area (Å²) < 4.78 is 13.9. The Morgan fingerprint density at radius 3 is 2.68 bits per heavy atom. The second kappa shape index (κ2) is 6.31. The number of aromatic nitrogens is 2.